The fourth-order valence-corrected chi connectivity index (χ4v) is 1.71. The Hall–Kier alpha value is -1.65. The van der Waals surface area contributed by atoms with Crippen molar-refractivity contribution >= 4 is 17.7 Å². The van der Waals surface area contributed by atoms with E-state index in [1.165, 1.54) is 0 Å². The Balaban J connectivity index is 2.05. The average Bonchev–Trinajstić information content (AvgIpc) is 2.64. The molecule has 1 aromatic carbocycles. The number of carbonyl (C=O) groups is 1. The molecular weight excluding hydrogens is 204 g/mol. The lowest BCUT2D eigenvalue weighted by atomic mass is 10.1. The summed E-state index contributed by atoms with van der Waals surface area (Å²) in [6, 6.07) is 5.93. The molecule has 1 amide bonds. The van der Waals surface area contributed by atoms with Crippen LogP contribution in [0.25, 0.3) is 6.08 Å². The van der Waals surface area contributed by atoms with E-state index in [0.29, 0.717) is 13.0 Å². The van der Waals surface area contributed by atoms with Crippen LogP contribution in [0.15, 0.2) is 24.3 Å². The number of amides is 1. The molecule has 1 aliphatic heterocycles. The highest BCUT2D eigenvalue weighted by Crippen LogP contribution is 2.24. The maximum atomic E-state index is 11.2. The largest absolute Gasteiger partial charge is 0.326 e. The predicted molar refractivity (Wildman–Crippen MR) is 62.6 cm³/mol. The Morgan fingerprint density at radius 2 is 2.38 bits per heavy atom. The molecule has 0 aromatic heterocycles. The number of hydrogen-bond acceptors (Lipinski definition) is 3. The zero-order chi connectivity index (χ0) is 11.4. The second kappa shape index (κ2) is 4.92. The molecule has 1 aliphatic rings. The first kappa shape index (κ1) is 10.9. The Bertz CT molecular complexity index is 427. The first-order valence-corrected chi connectivity index (χ1v) is 5.20. The molecule has 2 rings (SSSR count). The number of hydrogen-bond donors (Lipinski definition) is 2. The summed E-state index contributed by atoms with van der Waals surface area (Å²) in [4.78, 5) is 15.6. The summed E-state index contributed by atoms with van der Waals surface area (Å²) < 4.78 is 0. The van der Waals surface area contributed by atoms with Crippen LogP contribution in [0.1, 0.15) is 17.5 Å². The second-order valence-electron chi connectivity index (χ2n) is 3.70. The fourth-order valence-electron chi connectivity index (χ4n) is 1.71. The van der Waals surface area contributed by atoms with Crippen molar-refractivity contribution in [3.05, 3.63) is 35.4 Å². The SMILES string of the molecule is NOCC/C=C/c1ccc2c(c1)CC(=O)N2. The lowest BCUT2D eigenvalue weighted by molar-refractivity contribution is -0.115. The number of nitrogens with one attached hydrogen (secondary N) is 1. The van der Waals surface area contributed by atoms with Gasteiger partial charge in [-0.25, -0.2) is 5.90 Å². The van der Waals surface area contributed by atoms with Gasteiger partial charge in [0.1, 0.15) is 0 Å². The summed E-state index contributed by atoms with van der Waals surface area (Å²) in [6.07, 6.45) is 5.26. The van der Waals surface area contributed by atoms with Crippen LogP contribution >= 0.6 is 0 Å². The van der Waals surface area contributed by atoms with Crippen molar-refractivity contribution in [1.29, 1.82) is 0 Å². The molecule has 4 nitrogen and oxygen atoms in total. The van der Waals surface area contributed by atoms with Crippen LogP contribution in [-0.4, -0.2) is 12.5 Å². The number of fused-ring (bicyclic) bond motifs is 1. The van der Waals surface area contributed by atoms with Crippen molar-refractivity contribution in [3.63, 3.8) is 0 Å². The van der Waals surface area contributed by atoms with E-state index in [4.69, 9.17) is 5.90 Å². The highest BCUT2D eigenvalue weighted by Gasteiger charge is 2.16. The summed E-state index contributed by atoms with van der Waals surface area (Å²) in [7, 11) is 0. The van der Waals surface area contributed by atoms with Crippen LogP contribution in [0, 0.1) is 0 Å². The van der Waals surface area contributed by atoms with Crippen LogP contribution in [-0.2, 0) is 16.1 Å². The van der Waals surface area contributed by atoms with Crippen LogP contribution in [0.3, 0.4) is 0 Å². The minimum Gasteiger partial charge on any atom is -0.326 e. The van der Waals surface area contributed by atoms with E-state index in [1.54, 1.807) is 0 Å². The van der Waals surface area contributed by atoms with Gasteiger partial charge in [0, 0.05) is 5.69 Å². The Morgan fingerprint density at radius 3 is 3.19 bits per heavy atom. The third kappa shape index (κ3) is 2.48. The van der Waals surface area contributed by atoms with Crippen molar-refractivity contribution in [2.45, 2.75) is 12.8 Å². The quantitative estimate of drug-likeness (QED) is 0.594. The fraction of sp³-hybridized carbons (Fsp3) is 0.250. The number of carbonyl (C=O) groups excluding carboxylic acids is 1. The van der Waals surface area contributed by atoms with Gasteiger partial charge in [-0.15, -0.1) is 0 Å². The molecule has 0 saturated carbocycles. The molecule has 0 unspecified atom stereocenters. The molecule has 0 bridgehead atoms. The first-order chi connectivity index (χ1) is 7.79. The van der Waals surface area contributed by atoms with Crippen molar-refractivity contribution in [2.24, 2.45) is 5.90 Å². The van der Waals surface area contributed by atoms with Crippen molar-refractivity contribution in [3.8, 4) is 0 Å². The van der Waals surface area contributed by atoms with E-state index in [9.17, 15) is 4.79 Å². The first-order valence-electron chi connectivity index (χ1n) is 5.20. The standard InChI is InChI=1S/C12H14N2O2/c13-16-6-2-1-3-9-4-5-11-10(7-9)8-12(15)14-11/h1,3-5,7H,2,6,8,13H2,(H,14,15)/b3-1+. The van der Waals surface area contributed by atoms with E-state index in [-0.39, 0.29) is 5.91 Å². The topological polar surface area (TPSA) is 64.3 Å². The highest BCUT2D eigenvalue weighted by atomic mass is 16.6. The van der Waals surface area contributed by atoms with Gasteiger partial charge in [0.05, 0.1) is 13.0 Å². The van der Waals surface area contributed by atoms with Gasteiger partial charge in [-0.1, -0.05) is 18.2 Å². The van der Waals surface area contributed by atoms with Crippen molar-refractivity contribution < 1.29 is 9.63 Å². The Kier molecular flexibility index (Phi) is 3.34. The summed E-state index contributed by atoms with van der Waals surface area (Å²) in [6.45, 7) is 0.515. The van der Waals surface area contributed by atoms with Crippen LogP contribution in [0.5, 0.6) is 0 Å². The number of nitrogens with two attached hydrogens (primary N) is 1. The zero-order valence-electron chi connectivity index (χ0n) is 8.90. The molecule has 4 heteroatoms. The third-order valence-electron chi connectivity index (χ3n) is 2.47. The average molecular weight is 218 g/mol. The van der Waals surface area contributed by atoms with E-state index in [2.05, 4.69) is 10.2 Å². The zero-order valence-corrected chi connectivity index (χ0v) is 8.90. The summed E-state index contributed by atoms with van der Waals surface area (Å²) in [5, 5.41) is 2.80. The maximum absolute atomic E-state index is 11.2. The van der Waals surface area contributed by atoms with E-state index in [0.717, 1.165) is 23.2 Å². The molecule has 1 aromatic rings. The normalized spacial score (nSPS) is 14.2. The molecule has 3 N–H and O–H groups in total. The minimum atomic E-state index is 0.0626. The van der Waals surface area contributed by atoms with Crippen LogP contribution in [0.4, 0.5) is 5.69 Å². The number of rotatable bonds is 4. The highest BCUT2D eigenvalue weighted by molar-refractivity contribution is 5.99. The van der Waals surface area contributed by atoms with Gasteiger partial charge in [0.2, 0.25) is 5.91 Å². The molecule has 16 heavy (non-hydrogen) atoms. The van der Waals surface area contributed by atoms with Crippen molar-refractivity contribution in [2.75, 3.05) is 11.9 Å². The van der Waals surface area contributed by atoms with Gasteiger partial charge in [-0.3, -0.25) is 4.79 Å². The molecular formula is C12H14N2O2. The molecule has 84 valence electrons. The molecule has 0 saturated heterocycles. The van der Waals surface area contributed by atoms with E-state index < -0.39 is 0 Å². The third-order valence-corrected chi connectivity index (χ3v) is 2.47. The lowest BCUT2D eigenvalue weighted by Crippen LogP contribution is -2.03. The molecule has 0 aliphatic carbocycles. The molecule has 0 spiro atoms. The van der Waals surface area contributed by atoms with Crippen LogP contribution < -0.4 is 11.2 Å². The summed E-state index contributed by atoms with van der Waals surface area (Å²) >= 11 is 0. The maximum Gasteiger partial charge on any atom is 0.228 e. The van der Waals surface area contributed by atoms with Gasteiger partial charge >= 0.3 is 0 Å². The van der Waals surface area contributed by atoms with Gasteiger partial charge in [-0.05, 0) is 29.7 Å². The molecule has 0 radical (unpaired) electrons. The monoisotopic (exact) mass is 218 g/mol. The van der Waals surface area contributed by atoms with E-state index >= 15 is 0 Å². The lowest BCUT2D eigenvalue weighted by Gasteiger charge is -1.99. The summed E-state index contributed by atoms with van der Waals surface area (Å²) in [5.74, 6) is 4.98. The van der Waals surface area contributed by atoms with Gasteiger partial charge < -0.3 is 10.2 Å². The number of benzene rings is 1. The summed E-state index contributed by atoms with van der Waals surface area (Å²) in [5.41, 5.74) is 3.07. The second-order valence-corrected chi connectivity index (χ2v) is 3.70. The van der Waals surface area contributed by atoms with Gasteiger partial charge in [0.25, 0.3) is 0 Å². The molecule has 1 heterocycles. The molecule has 0 fully saturated rings. The van der Waals surface area contributed by atoms with Gasteiger partial charge in [-0.2, -0.15) is 0 Å². The van der Waals surface area contributed by atoms with Gasteiger partial charge in [0.15, 0.2) is 0 Å². The van der Waals surface area contributed by atoms with E-state index in [1.807, 2.05) is 30.4 Å². The molecule has 0 atom stereocenters. The smallest absolute Gasteiger partial charge is 0.228 e. The minimum absolute atomic E-state index is 0.0626. The Morgan fingerprint density at radius 1 is 1.50 bits per heavy atom. The Labute approximate surface area is 94.0 Å². The predicted octanol–water partition coefficient (Wildman–Crippen LogP) is 1.47. The number of anilines is 1. The van der Waals surface area contributed by atoms with Crippen molar-refractivity contribution in [1.82, 2.24) is 0 Å². The van der Waals surface area contributed by atoms with Crippen LogP contribution in [0.2, 0.25) is 0 Å².